The first-order chi connectivity index (χ1) is 13.1. The molecule has 0 saturated heterocycles. The number of fused-ring (bicyclic) bond motifs is 5. The van der Waals surface area contributed by atoms with Crippen LogP contribution in [0.25, 0.3) is 0 Å². The summed E-state index contributed by atoms with van der Waals surface area (Å²) in [6, 6.07) is 0. The van der Waals surface area contributed by atoms with Crippen molar-refractivity contribution in [2.45, 2.75) is 63.9 Å². The van der Waals surface area contributed by atoms with Gasteiger partial charge in [0.2, 0.25) is 12.1 Å². The fourth-order valence-corrected chi connectivity index (χ4v) is 7.05. The summed E-state index contributed by atoms with van der Waals surface area (Å²) >= 11 is 0. The number of carbonyl (C=O) groups excluding carboxylic acids is 2. The summed E-state index contributed by atoms with van der Waals surface area (Å²) in [5.74, 6) is -0.579. The quantitative estimate of drug-likeness (QED) is 0.632. The molecule has 3 N–H and O–H groups in total. The highest BCUT2D eigenvalue weighted by Crippen LogP contribution is 2.67. The highest BCUT2D eigenvalue weighted by molar-refractivity contribution is 6.01. The lowest BCUT2D eigenvalue weighted by molar-refractivity contribution is -0.197. The minimum absolute atomic E-state index is 0.00421. The van der Waals surface area contributed by atoms with Crippen molar-refractivity contribution in [1.82, 2.24) is 0 Å². The normalized spacial score (nSPS) is 48.4. The van der Waals surface area contributed by atoms with Crippen LogP contribution in [-0.2, 0) is 14.3 Å². The third-order valence-electron chi connectivity index (χ3n) is 8.50. The molecule has 6 nitrogen and oxygen atoms in total. The van der Waals surface area contributed by atoms with Crippen LogP contribution < -0.4 is 0 Å². The van der Waals surface area contributed by atoms with Crippen molar-refractivity contribution < 1.29 is 29.6 Å². The molecule has 0 aromatic carbocycles. The van der Waals surface area contributed by atoms with E-state index in [-0.39, 0.29) is 41.8 Å². The van der Waals surface area contributed by atoms with Crippen LogP contribution in [-0.4, -0.2) is 52.0 Å². The molecule has 0 aromatic heterocycles. The first-order valence-electron chi connectivity index (χ1n) is 10.2. The molecule has 4 rings (SSSR count). The molecule has 154 valence electrons. The van der Waals surface area contributed by atoms with Crippen molar-refractivity contribution in [2.24, 2.45) is 28.6 Å². The largest absolute Gasteiger partial charge is 0.393 e. The number of methoxy groups -OCH3 is 1. The Bertz CT molecular complexity index is 771. The predicted molar refractivity (Wildman–Crippen MR) is 101 cm³/mol. The smallest absolute Gasteiger partial charge is 0.220 e. The van der Waals surface area contributed by atoms with Crippen LogP contribution >= 0.6 is 0 Å². The molecule has 3 saturated carbocycles. The molecule has 2 unspecified atom stereocenters. The molecule has 3 fully saturated rings. The summed E-state index contributed by atoms with van der Waals surface area (Å²) in [5.41, 5.74) is -1.85. The molecule has 8 atom stereocenters. The van der Waals surface area contributed by atoms with Gasteiger partial charge in [0, 0.05) is 23.9 Å². The monoisotopic (exact) mass is 390 g/mol. The van der Waals surface area contributed by atoms with E-state index in [1.807, 2.05) is 13.0 Å². The molecule has 0 aliphatic heterocycles. The topological polar surface area (TPSA) is 104 Å². The number of Topliss-reactive ketones (excluding diaryl/α,β-unsaturated/α-hetero) is 1. The zero-order chi connectivity index (χ0) is 20.5. The lowest BCUT2D eigenvalue weighted by Crippen LogP contribution is -2.62. The van der Waals surface area contributed by atoms with Crippen LogP contribution in [0.3, 0.4) is 0 Å². The predicted octanol–water partition coefficient (Wildman–Crippen LogP) is 1.53. The van der Waals surface area contributed by atoms with Gasteiger partial charge in [0.1, 0.15) is 5.60 Å². The SMILES string of the molecule is COC(O)C(=O)[C@@]1(O)CC[C@H]2[C@@H]3CCC4=CC(=O)C=C[C@]4(C)[C@H]3C(O)C[C@@]21C. The number of ketones is 2. The molecule has 0 amide bonds. The summed E-state index contributed by atoms with van der Waals surface area (Å²) in [7, 11) is 1.24. The number of ether oxygens (including phenoxy) is 1. The van der Waals surface area contributed by atoms with Gasteiger partial charge in [-0.15, -0.1) is 0 Å². The Morgan fingerprint density at radius 1 is 1.32 bits per heavy atom. The molecule has 6 heteroatoms. The number of allylic oxidation sites excluding steroid dienone is 4. The van der Waals surface area contributed by atoms with E-state index in [1.165, 1.54) is 7.11 Å². The molecular weight excluding hydrogens is 360 g/mol. The lowest BCUT2D eigenvalue weighted by Gasteiger charge is -2.59. The number of carbonyl (C=O) groups is 2. The number of aliphatic hydroxyl groups excluding tert-OH is 2. The van der Waals surface area contributed by atoms with E-state index in [9.17, 15) is 24.9 Å². The molecule has 0 heterocycles. The van der Waals surface area contributed by atoms with E-state index < -0.39 is 29.2 Å². The summed E-state index contributed by atoms with van der Waals surface area (Å²) in [5, 5.41) is 32.6. The van der Waals surface area contributed by atoms with Gasteiger partial charge in [-0.05, 0) is 56.1 Å². The fourth-order valence-electron chi connectivity index (χ4n) is 7.05. The minimum Gasteiger partial charge on any atom is -0.393 e. The molecule has 0 spiro atoms. The van der Waals surface area contributed by atoms with Gasteiger partial charge >= 0.3 is 0 Å². The summed E-state index contributed by atoms with van der Waals surface area (Å²) in [6.07, 6.45) is 5.67. The second-order valence-corrected chi connectivity index (χ2v) is 9.56. The standard InChI is InChI=1S/C22H30O6/c1-20-8-6-13(23)10-12(20)4-5-14-15-7-9-22(27,18(25)19(26)28-3)21(15,2)11-16(24)17(14)20/h6,8,10,14-17,19,24,26-27H,4-5,7,9,11H2,1-3H3/t14-,15-,16?,17+,19?,20-,21-,22-/m0/s1. The highest BCUT2D eigenvalue weighted by Gasteiger charge is 2.68. The van der Waals surface area contributed by atoms with E-state index in [0.29, 0.717) is 6.42 Å². The number of rotatable bonds is 3. The Labute approximate surface area is 165 Å². The van der Waals surface area contributed by atoms with E-state index >= 15 is 0 Å². The Kier molecular flexibility index (Phi) is 4.51. The van der Waals surface area contributed by atoms with Gasteiger partial charge in [-0.3, -0.25) is 9.59 Å². The zero-order valence-corrected chi connectivity index (χ0v) is 16.7. The molecule has 0 radical (unpaired) electrons. The van der Waals surface area contributed by atoms with Crippen LogP contribution in [0, 0.1) is 28.6 Å². The van der Waals surface area contributed by atoms with Gasteiger partial charge in [-0.1, -0.05) is 25.5 Å². The molecule has 4 aliphatic rings. The summed E-state index contributed by atoms with van der Waals surface area (Å²) < 4.78 is 4.78. The van der Waals surface area contributed by atoms with Crippen LogP contribution in [0.2, 0.25) is 0 Å². The summed E-state index contributed by atoms with van der Waals surface area (Å²) in [4.78, 5) is 24.6. The third-order valence-corrected chi connectivity index (χ3v) is 8.50. The first-order valence-corrected chi connectivity index (χ1v) is 10.2. The van der Waals surface area contributed by atoms with Crippen molar-refractivity contribution in [3.05, 3.63) is 23.8 Å². The van der Waals surface area contributed by atoms with Gasteiger partial charge in [-0.25, -0.2) is 0 Å². The minimum atomic E-state index is -1.71. The van der Waals surface area contributed by atoms with Gasteiger partial charge in [0.15, 0.2) is 5.78 Å². The fraction of sp³-hybridized carbons (Fsp3) is 0.727. The molecule has 0 aromatic rings. The molecule has 28 heavy (non-hydrogen) atoms. The third kappa shape index (κ3) is 2.41. The first kappa shape index (κ1) is 20.0. The van der Waals surface area contributed by atoms with Crippen molar-refractivity contribution in [1.29, 1.82) is 0 Å². The van der Waals surface area contributed by atoms with Crippen LogP contribution in [0.5, 0.6) is 0 Å². The van der Waals surface area contributed by atoms with Crippen molar-refractivity contribution in [2.75, 3.05) is 7.11 Å². The van der Waals surface area contributed by atoms with Gasteiger partial charge < -0.3 is 20.1 Å². The highest BCUT2D eigenvalue weighted by atomic mass is 16.6. The number of hydrogen-bond acceptors (Lipinski definition) is 6. The van der Waals surface area contributed by atoms with E-state index in [4.69, 9.17) is 4.74 Å². The maximum atomic E-state index is 12.8. The maximum Gasteiger partial charge on any atom is 0.220 e. The van der Waals surface area contributed by atoms with Gasteiger partial charge in [0.25, 0.3) is 0 Å². The van der Waals surface area contributed by atoms with Gasteiger partial charge in [-0.2, -0.15) is 0 Å². The second-order valence-electron chi connectivity index (χ2n) is 9.56. The Morgan fingerprint density at radius 2 is 2.04 bits per heavy atom. The molecule has 4 aliphatic carbocycles. The van der Waals surface area contributed by atoms with E-state index in [1.54, 1.807) is 12.2 Å². The second kappa shape index (κ2) is 6.33. The average molecular weight is 390 g/mol. The molecule has 0 bridgehead atoms. The Hall–Kier alpha value is -1.34. The Morgan fingerprint density at radius 3 is 2.71 bits per heavy atom. The maximum absolute atomic E-state index is 12.8. The van der Waals surface area contributed by atoms with E-state index in [2.05, 4.69) is 6.92 Å². The zero-order valence-electron chi connectivity index (χ0n) is 16.7. The number of aliphatic hydroxyl groups is 3. The van der Waals surface area contributed by atoms with Crippen LogP contribution in [0.4, 0.5) is 0 Å². The van der Waals surface area contributed by atoms with Crippen LogP contribution in [0.15, 0.2) is 23.8 Å². The lowest BCUT2D eigenvalue weighted by atomic mass is 9.46. The summed E-state index contributed by atoms with van der Waals surface area (Å²) in [6.45, 7) is 3.96. The van der Waals surface area contributed by atoms with Crippen molar-refractivity contribution >= 4 is 11.6 Å². The van der Waals surface area contributed by atoms with Crippen LogP contribution in [0.1, 0.15) is 46.0 Å². The van der Waals surface area contributed by atoms with Gasteiger partial charge in [0.05, 0.1) is 6.10 Å². The average Bonchev–Trinajstić information content (AvgIpc) is 2.92. The van der Waals surface area contributed by atoms with E-state index in [0.717, 1.165) is 18.4 Å². The number of hydrogen-bond donors (Lipinski definition) is 3. The Balaban J connectivity index is 1.72. The van der Waals surface area contributed by atoms with Crippen molar-refractivity contribution in [3.63, 3.8) is 0 Å². The molecular formula is C22H30O6. The van der Waals surface area contributed by atoms with Crippen molar-refractivity contribution in [3.8, 4) is 0 Å².